The van der Waals surface area contributed by atoms with Gasteiger partial charge >= 0.3 is 0 Å². The smallest absolute Gasteiger partial charge is 0.179 e. The SMILES string of the molecule is Cc1ccc(C)c(C(=O)C(C)N2CC3CCC2C3)c1. The number of piperidine rings is 1. The van der Waals surface area contributed by atoms with Gasteiger partial charge in [0, 0.05) is 18.2 Å². The second kappa shape index (κ2) is 4.75. The van der Waals surface area contributed by atoms with Crippen LogP contribution in [0.5, 0.6) is 0 Å². The van der Waals surface area contributed by atoms with E-state index >= 15 is 0 Å². The minimum Gasteiger partial charge on any atom is -0.292 e. The molecule has 2 heteroatoms. The summed E-state index contributed by atoms with van der Waals surface area (Å²) < 4.78 is 0. The first-order chi connectivity index (χ1) is 9.06. The number of Topliss-reactive ketones (excluding diaryl/α,β-unsaturated/α-hetero) is 1. The number of carbonyl (C=O) groups is 1. The largest absolute Gasteiger partial charge is 0.292 e. The number of benzene rings is 1. The van der Waals surface area contributed by atoms with Crippen LogP contribution in [0.2, 0.25) is 0 Å². The van der Waals surface area contributed by atoms with Crippen molar-refractivity contribution in [3.63, 3.8) is 0 Å². The van der Waals surface area contributed by atoms with Crippen LogP contribution < -0.4 is 0 Å². The Morgan fingerprint density at radius 1 is 1.32 bits per heavy atom. The maximum atomic E-state index is 12.7. The number of aryl methyl sites for hydroxylation is 2. The van der Waals surface area contributed by atoms with E-state index in [0.717, 1.165) is 23.6 Å². The Morgan fingerprint density at radius 2 is 2.11 bits per heavy atom. The average Bonchev–Trinajstić information content (AvgIpc) is 3.02. The topological polar surface area (TPSA) is 20.3 Å². The fourth-order valence-corrected chi connectivity index (χ4v) is 3.81. The van der Waals surface area contributed by atoms with E-state index in [4.69, 9.17) is 0 Å². The van der Waals surface area contributed by atoms with Crippen LogP contribution in [-0.4, -0.2) is 29.3 Å². The van der Waals surface area contributed by atoms with Crippen LogP contribution in [0.25, 0.3) is 0 Å². The van der Waals surface area contributed by atoms with Crippen LogP contribution in [0.4, 0.5) is 0 Å². The van der Waals surface area contributed by atoms with Gasteiger partial charge in [-0.05, 0) is 57.6 Å². The minimum atomic E-state index is 0.0378. The summed E-state index contributed by atoms with van der Waals surface area (Å²) in [7, 11) is 0. The average molecular weight is 257 g/mol. The molecule has 3 unspecified atom stereocenters. The van der Waals surface area contributed by atoms with Gasteiger partial charge in [0.05, 0.1) is 6.04 Å². The summed E-state index contributed by atoms with van der Waals surface area (Å²) >= 11 is 0. The minimum absolute atomic E-state index is 0.0378. The zero-order chi connectivity index (χ0) is 13.6. The molecule has 0 amide bonds. The van der Waals surface area contributed by atoms with E-state index in [1.807, 2.05) is 13.0 Å². The molecule has 0 aromatic heterocycles. The Labute approximate surface area is 115 Å². The molecule has 2 aliphatic rings. The van der Waals surface area contributed by atoms with Crippen molar-refractivity contribution in [2.24, 2.45) is 5.92 Å². The molecule has 1 aliphatic heterocycles. The predicted molar refractivity (Wildman–Crippen MR) is 77.5 cm³/mol. The van der Waals surface area contributed by atoms with Crippen molar-refractivity contribution >= 4 is 5.78 Å². The van der Waals surface area contributed by atoms with Crippen molar-refractivity contribution < 1.29 is 4.79 Å². The number of rotatable bonds is 3. The quantitative estimate of drug-likeness (QED) is 0.774. The summed E-state index contributed by atoms with van der Waals surface area (Å²) in [5, 5.41) is 0. The molecule has 2 nitrogen and oxygen atoms in total. The fraction of sp³-hybridized carbons (Fsp3) is 0.588. The van der Waals surface area contributed by atoms with Crippen molar-refractivity contribution in [1.29, 1.82) is 0 Å². The van der Waals surface area contributed by atoms with Gasteiger partial charge in [-0.3, -0.25) is 9.69 Å². The van der Waals surface area contributed by atoms with Gasteiger partial charge in [-0.2, -0.15) is 0 Å². The van der Waals surface area contributed by atoms with E-state index < -0.39 is 0 Å². The maximum Gasteiger partial charge on any atom is 0.179 e. The molecule has 1 saturated heterocycles. The predicted octanol–water partition coefficient (Wildman–Crippen LogP) is 3.36. The molecule has 102 valence electrons. The van der Waals surface area contributed by atoms with Crippen LogP contribution in [0.15, 0.2) is 18.2 Å². The Morgan fingerprint density at radius 3 is 2.74 bits per heavy atom. The first kappa shape index (κ1) is 12.9. The number of fused-ring (bicyclic) bond motifs is 2. The molecule has 1 heterocycles. The van der Waals surface area contributed by atoms with Gasteiger partial charge in [0.25, 0.3) is 0 Å². The van der Waals surface area contributed by atoms with E-state index in [2.05, 4.69) is 30.9 Å². The van der Waals surface area contributed by atoms with Crippen molar-refractivity contribution in [3.05, 3.63) is 34.9 Å². The van der Waals surface area contributed by atoms with Crippen LogP contribution in [0.3, 0.4) is 0 Å². The van der Waals surface area contributed by atoms with Gasteiger partial charge in [-0.1, -0.05) is 17.7 Å². The highest BCUT2D eigenvalue weighted by molar-refractivity contribution is 6.01. The van der Waals surface area contributed by atoms with Gasteiger partial charge in [0.1, 0.15) is 0 Å². The van der Waals surface area contributed by atoms with Crippen molar-refractivity contribution in [3.8, 4) is 0 Å². The van der Waals surface area contributed by atoms with E-state index in [9.17, 15) is 4.79 Å². The van der Waals surface area contributed by atoms with Gasteiger partial charge < -0.3 is 0 Å². The maximum absolute atomic E-state index is 12.7. The number of hydrogen-bond donors (Lipinski definition) is 0. The Hall–Kier alpha value is -1.15. The summed E-state index contributed by atoms with van der Waals surface area (Å²) in [6.45, 7) is 7.31. The van der Waals surface area contributed by atoms with Gasteiger partial charge in [0.15, 0.2) is 5.78 Å². The fourth-order valence-electron chi connectivity index (χ4n) is 3.81. The first-order valence-electron chi connectivity index (χ1n) is 7.43. The summed E-state index contributed by atoms with van der Waals surface area (Å²) in [6.07, 6.45) is 3.96. The molecule has 1 aromatic carbocycles. The van der Waals surface area contributed by atoms with Crippen molar-refractivity contribution in [2.45, 2.75) is 52.1 Å². The number of hydrogen-bond acceptors (Lipinski definition) is 2. The lowest BCUT2D eigenvalue weighted by Crippen LogP contribution is -2.44. The van der Waals surface area contributed by atoms with E-state index in [0.29, 0.717) is 11.8 Å². The standard InChI is InChI=1S/C17H23NO/c1-11-4-5-12(2)16(8-11)17(19)13(3)18-10-14-6-7-15(18)9-14/h4-5,8,13-15H,6-7,9-10H2,1-3H3. The Bertz CT molecular complexity index is 508. The van der Waals surface area contributed by atoms with Crippen molar-refractivity contribution in [1.82, 2.24) is 4.90 Å². The number of carbonyl (C=O) groups excluding carboxylic acids is 1. The van der Waals surface area contributed by atoms with Gasteiger partial charge in [-0.15, -0.1) is 0 Å². The highest BCUT2D eigenvalue weighted by atomic mass is 16.1. The second-order valence-electron chi connectivity index (χ2n) is 6.39. The van der Waals surface area contributed by atoms with Gasteiger partial charge in [-0.25, -0.2) is 0 Å². The van der Waals surface area contributed by atoms with Crippen LogP contribution in [0, 0.1) is 19.8 Å². The number of likely N-dealkylation sites (tertiary alicyclic amines) is 1. The number of ketones is 1. The molecule has 0 spiro atoms. The molecule has 19 heavy (non-hydrogen) atoms. The van der Waals surface area contributed by atoms with Crippen LogP contribution >= 0.6 is 0 Å². The van der Waals surface area contributed by atoms with Gasteiger partial charge in [0.2, 0.25) is 0 Å². The highest BCUT2D eigenvalue weighted by Gasteiger charge is 2.41. The zero-order valence-corrected chi connectivity index (χ0v) is 12.1. The lowest BCUT2D eigenvalue weighted by atomic mass is 9.96. The van der Waals surface area contributed by atoms with E-state index in [1.165, 1.54) is 24.8 Å². The van der Waals surface area contributed by atoms with Crippen LogP contribution in [-0.2, 0) is 0 Å². The summed E-state index contributed by atoms with van der Waals surface area (Å²) in [5.41, 5.74) is 3.19. The van der Waals surface area contributed by atoms with Crippen molar-refractivity contribution in [2.75, 3.05) is 6.54 Å². The normalized spacial score (nSPS) is 27.7. The molecule has 0 radical (unpaired) electrons. The number of nitrogens with zero attached hydrogens (tertiary/aromatic N) is 1. The Balaban J connectivity index is 1.81. The third-order valence-electron chi connectivity index (χ3n) is 4.99. The third kappa shape index (κ3) is 2.23. The Kier molecular flexibility index (Phi) is 3.22. The summed E-state index contributed by atoms with van der Waals surface area (Å²) in [5.74, 6) is 1.15. The monoisotopic (exact) mass is 257 g/mol. The van der Waals surface area contributed by atoms with E-state index in [-0.39, 0.29) is 6.04 Å². The van der Waals surface area contributed by atoms with E-state index in [1.54, 1.807) is 0 Å². The molecule has 1 aliphatic carbocycles. The molecule has 3 rings (SSSR count). The highest BCUT2D eigenvalue weighted by Crippen LogP contribution is 2.39. The molecule has 1 aromatic rings. The lowest BCUT2D eigenvalue weighted by Gasteiger charge is -2.32. The molecular weight excluding hydrogens is 234 g/mol. The molecule has 3 atom stereocenters. The molecule has 1 saturated carbocycles. The summed E-state index contributed by atoms with van der Waals surface area (Å²) in [4.78, 5) is 15.2. The first-order valence-corrected chi connectivity index (χ1v) is 7.43. The van der Waals surface area contributed by atoms with Crippen LogP contribution in [0.1, 0.15) is 47.7 Å². The third-order valence-corrected chi connectivity index (χ3v) is 4.99. The molecular formula is C17H23NO. The summed E-state index contributed by atoms with van der Waals surface area (Å²) in [6, 6.07) is 6.88. The zero-order valence-electron chi connectivity index (χ0n) is 12.1. The lowest BCUT2D eigenvalue weighted by molar-refractivity contribution is 0.0786. The molecule has 0 N–H and O–H groups in total. The second-order valence-corrected chi connectivity index (χ2v) is 6.39. The molecule has 2 fully saturated rings. The molecule has 2 bridgehead atoms.